The highest BCUT2D eigenvalue weighted by Gasteiger charge is 2.25. The Morgan fingerprint density at radius 1 is 0.865 bits per heavy atom. The first-order chi connectivity index (χ1) is 17.9. The van der Waals surface area contributed by atoms with E-state index in [2.05, 4.69) is 4.98 Å². The summed E-state index contributed by atoms with van der Waals surface area (Å²) in [5, 5.41) is 2.78. The second-order valence-corrected chi connectivity index (χ2v) is 12.0. The molecule has 0 spiro atoms. The van der Waals surface area contributed by atoms with Crippen molar-refractivity contribution < 1.29 is 18.0 Å². The number of thiophene rings is 1. The largest absolute Gasteiger partial charge is 0.339 e. The van der Waals surface area contributed by atoms with Gasteiger partial charge in [-0.3, -0.25) is 14.6 Å². The number of piperazine rings is 1. The number of sulfone groups is 1. The molecule has 2 aromatic heterocycles. The Labute approximate surface area is 220 Å². The molecule has 1 fully saturated rings. The van der Waals surface area contributed by atoms with Gasteiger partial charge in [-0.25, -0.2) is 8.42 Å². The quantitative estimate of drug-likeness (QED) is 0.356. The van der Waals surface area contributed by atoms with Crippen molar-refractivity contribution in [3.05, 3.63) is 94.3 Å². The lowest BCUT2D eigenvalue weighted by Crippen LogP contribution is -2.50. The molecule has 1 aliphatic rings. The van der Waals surface area contributed by atoms with Crippen molar-refractivity contribution in [2.75, 3.05) is 26.2 Å². The molecule has 0 unspecified atom stereocenters. The van der Waals surface area contributed by atoms with E-state index >= 15 is 0 Å². The molecule has 5 rings (SSSR count). The Bertz CT molecular complexity index is 1500. The number of benzene rings is 2. The molecule has 7 nitrogen and oxygen atoms in total. The van der Waals surface area contributed by atoms with E-state index in [-0.39, 0.29) is 22.5 Å². The fourth-order valence-corrected chi connectivity index (χ4v) is 6.80. The number of fused-ring (bicyclic) bond motifs is 1. The average molecular weight is 534 g/mol. The number of hydrogen-bond acceptors (Lipinski definition) is 6. The average Bonchev–Trinajstić information content (AvgIpc) is 3.45. The van der Waals surface area contributed by atoms with Crippen molar-refractivity contribution in [1.29, 1.82) is 0 Å². The molecule has 0 radical (unpaired) electrons. The predicted octanol–water partition coefficient (Wildman–Crippen LogP) is 4.19. The van der Waals surface area contributed by atoms with Crippen molar-refractivity contribution >= 4 is 43.9 Å². The number of pyridine rings is 1. The van der Waals surface area contributed by atoms with Gasteiger partial charge in [0.25, 0.3) is 5.91 Å². The zero-order valence-electron chi connectivity index (χ0n) is 20.2. The summed E-state index contributed by atoms with van der Waals surface area (Å²) < 4.78 is 26.3. The fraction of sp³-hybridized carbons (Fsp3) is 0.250. The van der Waals surface area contributed by atoms with Gasteiger partial charge in [-0.1, -0.05) is 36.4 Å². The maximum atomic E-state index is 13.1. The highest BCUT2D eigenvalue weighted by atomic mass is 32.2. The van der Waals surface area contributed by atoms with Gasteiger partial charge in [-0.15, -0.1) is 11.3 Å². The second-order valence-electron chi connectivity index (χ2n) is 9.04. The van der Waals surface area contributed by atoms with Gasteiger partial charge in [0.05, 0.1) is 16.2 Å². The van der Waals surface area contributed by atoms with Crippen LogP contribution in [0.1, 0.15) is 27.2 Å². The first-order valence-electron chi connectivity index (χ1n) is 12.2. The van der Waals surface area contributed by atoms with Gasteiger partial charge in [0.15, 0.2) is 9.84 Å². The molecule has 2 amide bonds. The molecular weight excluding hydrogens is 506 g/mol. The van der Waals surface area contributed by atoms with Crippen LogP contribution in [0.4, 0.5) is 0 Å². The minimum atomic E-state index is -3.62. The van der Waals surface area contributed by atoms with Crippen LogP contribution >= 0.6 is 11.3 Å². The molecule has 1 aliphatic heterocycles. The molecule has 0 N–H and O–H groups in total. The summed E-state index contributed by atoms with van der Waals surface area (Å²) in [5.74, 6) is -0.172. The van der Waals surface area contributed by atoms with E-state index < -0.39 is 9.84 Å². The molecule has 0 bridgehead atoms. The Morgan fingerprint density at radius 3 is 2.32 bits per heavy atom. The van der Waals surface area contributed by atoms with Crippen LogP contribution in [0.3, 0.4) is 0 Å². The summed E-state index contributed by atoms with van der Waals surface area (Å²) in [7, 11) is -3.62. The van der Waals surface area contributed by atoms with E-state index in [9.17, 15) is 18.0 Å². The fourth-order valence-electron chi connectivity index (χ4n) is 4.55. The van der Waals surface area contributed by atoms with Crippen LogP contribution in [-0.4, -0.2) is 61.2 Å². The van der Waals surface area contributed by atoms with Crippen molar-refractivity contribution in [3.63, 3.8) is 0 Å². The Morgan fingerprint density at radius 2 is 1.59 bits per heavy atom. The standard InChI is InChI=1S/C28H27N3O4S2/c32-26(13-12-24-6-3-19-36-24)30-15-17-31(18-16-30)28(33)23-10-8-21(9-11-23)20-37(34,35)25-7-1-4-22-5-2-14-29-27(22)25/h1-11,14,19H,12-13,15-18,20H2. The van der Waals surface area contributed by atoms with Crippen molar-refractivity contribution in [1.82, 2.24) is 14.8 Å². The number of hydrogen-bond donors (Lipinski definition) is 0. The third kappa shape index (κ3) is 5.73. The number of para-hydroxylation sites is 1. The molecule has 1 saturated heterocycles. The van der Waals surface area contributed by atoms with Gasteiger partial charge in [-0.05, 0) is 47.7 Å². The number of rotatable bonds is 7. The van der Waals surface area contributed by atoms with Gasteiger partial charge >= 0.3 is 0 Å². The van der Waals surface area contributed by atoms with Crippen LogP contribution in [0.5, 0.6) is 0 Å². The van der Waals surface area contributed by atoms with Gasteiger partial charge in [0, 0.05) is 54.6 Å². The third-order valence-electron chi connectivity index (χ3n) is 6.57. The van der Waals surface area contributed by atoms with E-state index in [1.165, 1.54) is 4.88 Å². The van der Waals surface area contributed by atoms with Crippen LogP contribution in [0, 0.1) is 0 Å². The van der Waals surface area contributed by atoms with Crippen LogP contribution in [0.25, 0.3) is 10.9 Å². The summed E-state index contributed by atoms with van der Waals surface area (Å²) in [4.78, 5) is 34.8. The van der Waals surface area contributed by atoms with Gasteiger partial charge in [-0.2, -0.15) is 0 Å². The third-order valence-corrected chi connectivity index (χ3v) is 9.22. The zero-order valence-corrected chi connectivity index (χ0v) is 21.9. The van der Waals surface area contributed by atoms with Crippen molar-refractivity contribution in [3.8, 4) is 0 Å². The van der Waals surface area contributed by atoms with E-state index in [1.807, 2.05) is 34.5 Å². The summed E-state index contributed by atoms with van der Waals surface area (Å²) in [6.45, 7) is 2.00. The summed E-state index contributed by atoms with van der Waals surface area (Å²) in [5.41, 5.74) is 1.57. The monoisotopic (exact) mass is 533 g/mol. The lowest BCUT2D eigenvalue weighted by molar-refractivity contribution is -0.132. The Hall–Kier alpha value is -3.56. The smallest absolute Gasteiger partial charge is 0.253 e. The number of nitrogens with zero attached hydrogens (tertiary/aromatic N) is 3. The first kappa shape index (κ1) is 25.1. The molecule has 37 heavy (non-hydrogen) atoms. The van der Waals surface area contributed by atoms with Gasteiger partial charge in [0.1, 0.15) is 0 Å². The van der Waals surface area contributed by atoms with Crippen LogP contribution in [-0.2, 0) is 26.8 Å². The van der Waals surface area contributed by atoms with Crippen molar-refractivity contribution in [2.24, 2.45) is 0 Å². The number of amides is 2. The van der Waals surface area contributed by atoms with E-state index in [0.29, 0.717) is 49.2 Å². The maximum Gasteiger partial charge on any atom is 0.253 e. The lowest BCUT2D eigenvalue weighted by Gasteiger charge is -2.35. The number of carbonyl (C=O) groups excluding carboxylic acids is 2. The predicted molar refractivity (Wildman–Crippen MR) is 144 cm³/mol. The van der Waals surface area contributed by atoms with Crippen LogP contribution < -0.4 is 0 Å². The lowest BCUT2D eigenvalue weighted by atomic mass is 10.1. The highest BCUT2D eigenvalue weighted by Crippen LogP contribution is 2.24. The number of carbonyl (C=O) groups is 2. The second kappa shape index (κ2) is 10.8. The molecule has 4 aromatic rings. The minimum absolute atomic E-state index is 0.113. The van der Waals surface area contributed by atoms with Crippen molar-refractivity contribution in [2.45, 2.75) is 23.5 Å². The summed E-state index contributed by atoms with van der Waals surface area (Å²) in [6, 6.07) is 19.5. The molecule has 0 atom stereocenters. The molecule has 3 heterocycles. The first-order valence-corrected chi connectivity index (χ1v) is 14.7. The molecule has 2 aromatic carbocycles. The van der Waals surface area contributed by atoms with E-state index in [1.54, 1.807) is 64.9 Å². The summed E-state index contributed by atoms with van der Waals surface area (Å²) in [6.07, 6.45) is 2.81. The van der Waals surface area contributed by atoms with Gasteiger partial charge < -0.3 is 9.80 Å². The number of aromatic nitrogens is 1. The van der Waals surface area contributed by atoms with Crippen LogP contribution in [0.2, 0.25) is 0 Å². The highest BCUT2D eigenvalue weighted by molar-refractivity contribution is 7.90. The minimum Gasteiger partial charge on any atom is -0.339 e. The van der Waals surface area contributed by atoms with E-state index in [4.69, 9.17) is 0 Å². The summed E-state index contributed by atoms with van der Waals surface area (Å²) >= 11 is 1.66. The molecule has 0 saturated carbocycles. The molecule has 0 aliphatic carbocycles. The van der Waals surface area contributed by atoms with E-state index in [0.717, 1.165) is 11.8 Å². The SMILES string of the molecule is O=C(CCc1cccs1)N1CCN(C(=O)c2ccc(CS(=O)(=O)c3cccc4cccnc34)cc2)CC1. The van der Waals surface area contributed by atoms with Crippen LogP contribution in [0.15, 0.2) is 83.2 Å². The Balaban J connectivity index is 1.18. The topological polar surface area (TPSA) is 87.7 Å². The Kier molecular flexibility index (Phi) is 7.34. The zero-order chi connectivity index (χ0) is 25.8. The molecule has 190 valence electrons. The number of aryl methyl sites for hydroxylation is 1. The van der Waals surface area contributed by atoms with Gasteiger partial charge in [0.2, 0.25) is 5.91 Å². The maximum absolute atomic E-state index is 13.1. The molecular formula is C28H27N3O4S2. The molecule has 9 heteroatoms. The normalized spacial score (nSPS) is 14.2.